The van der Waals surface area contributed by atoms with Crippen LogP contribution in [-0.4, -0.2) is 43.3 Å². The molecular weight excluding hydrogens is 208 g/mol. The van der Waals surface area contributed by atoms with Crippen LogP contribution in [0.5, 0.6) is 0 Å². The molecule has 0 bridgehead atoms. The van der Waals surface area contributed by atoms with Crippen molar-refractivity contribution < 1.29 is 14.4 Å². The van der Waals surface area contributed by atoms with Crippen molar-refractivity contribution in [3.8, 4) is 0 Å². The van der Waals surface area contributed by atoms with Gasteiger partial charge in [0.05, 0.1) is 6.61 Å². The standard InChI is InChI=1S/C11H22N2O3/c1-11(2,3)16-10(14)13-6-5-9(7-13)8-15-12-4/h9,12H,5-8H2,1-4H3. The highest BCUT2D eigenvalue weighted by atomic mass is 16.6. The van der Waals surface area contributed by atoms with Gasteiger partial charge in [-0.05, 0) is 27.2 Å². The molecule has 16 heavy (non-hydrogen) atoms. The van der Waals surface area contributed by atoms with Crippen LogP contribution in [0.3, 0.4) is 0 Å². The molecule has 94 valence electrons. The van der Waals surface area contributed by atoms with Gasteiger partial charge < -0.3 is 14.5 Å². The van der Waals surface area contributed by atoms with Crippen molar-refractivity contribution in [2.75, 3.05) is 26.7 Å². The van der Waals surface area contributed by atoms with Gasteiger partial charge in [-0.1, -0.05) is 0 Å². The van der Waals surface area contributed by atoms with Crippen molar-refractivity contribution in [1.29, 1.82) is 0 Å². The summed E-state index contributed by atoms with van der Waals surface area (Å²) in [5, 5.41) is 0. The lowest BCUT2D eigenvalue weighted by Crippen LogP contribution is -2.35. The number of likely N-dealkylation sites (tertiary alicyclic amines) is 1. The van der Waals surface area contributed by atoms with Crippen LogP contribution in [0.25, 0.3) is 0 Å². The smallest absolute Gasteiger partial charge is 0.410 e. The highest BCUT2D eigenvalue weighted by molar-refractivity contribution is 5.68. The van der Waals surface area contributed by atoms with Gasteiger partial charge >= 0.3 is 6.09 Å². The predicted octanol–water partition coefficient (Wildman–Crippen LogP) is 1.39. The van der Waals surface area contributed by atoms with Gasteiger partial charge in [-0.15, -0.1) is 0 Å². The molecule has 0 aliphatic carbocycles. The van der Waals surface area contributed by atoms with Gasteiger partial charge in [0.1, 0.15) is 5.60 Å². The molecule has 1 heterocycles. The lowest BCUT2D eigenvalue weighted by atomic mass is 10.1. The number of hydroxylamine groups is 1. The number of carbonyl (C=O) groups is 1. The summed E-state index contributed by atoms with van der Waals surface area (Å²) in [7, 11) is 1.74. The number of nitrogens with zero attached hydrogens (tertiary/aromatic N) is 1. The molecule has 1 rings (SSSR count). The van der Waals surface area contributed by atoms with Crippen LogP contribution in [0.15, 0.2) is 0 Å². The summed E-state index contributed by atoms with van der Waals surface area (Å²) >= 11 is 0. The van der Waals surface area contributed by atoms with Crippen molar-refractivity contribution in [3.63, 3.8) is 0 Å². The first-order valence-corrected chi connectivity index (χ1v) is 5.69. The third-order valence-electron chi connectivity index (χ3n) is 2.40. The predicted molar refractivity (Wildman–Crippen MR) is 60.9 cm³/mol. The van der Waals surface area contributed by atoms with Gasteiger partial charge in [0, 0.05) is 26.1 Å². The monoisotopic (exact) mass is 230 g/mol. The van der Waals surface area contributed by atoms with Crippen LogP contribution in [-0.2, 0) is 9.57 Å². The number of hydrogen-bond donors (Lipinski definition) is 1. The lowest BCUT2D eigenvalue weighted by Gasteiger charge is -2.24. The summed E-state index contributed by atoms with van der Waals surface area (Å²) in [5.41, 5.74) is 2.22. The second-order valence-corrected chi connectivity index (χ2v) is 5.10. The Kier molecular flexibility index (Phi) is 4.56. The van der Waals surface area contributed by atoms with E-state index in [0.717, 1.165) is 19.5 Å². The van der Waals surface area contributed by atoms with Crippen molar-refractivity contribution in [2.24, 2.45) is 5.92 Å². The molecule has 0 radical (unpaired) electrons. The molecule has 5 nitrogen and oxygen atoms in total. The maximum atomic E-state index is 11.7. The fourth-order valence-electron chi connectivity index (χ4n) is 1.66. The van der Waals surface area contributed by atoms with Crippen molar-refractivity contribution in [2.45, 2.75) is 32.8 Å². The van der Waals surface area contributed by atoms with E-state index in [0.29, 0.717) is 12.5 Å². The normalized spacial score (nSPS) is 21.2. The topological polar surface area (TPSA) is 50.8 Å². The lowest BCUT2D eigenvalue weighted by molar-refractivity contribution is 0.0210. The molecule has 0 aromatic rings. The summed E-state index contributed by atoms with van der Waals surface area (Å²) in [6.07, 6.45) is 0.750. The summed E-state index contributed by atoms with van der Waals surface area (Å²) in [6.45, 7) is 7.74. The summed E-state index contributed by atoms with van der Waals surface area (Å²) < 4.78 is 5.30. The Morgan fingerprint density at radius 1 is 1.50 bits per heavy atom. The Balaban J connectivity index is 2.32. The van der Waals surface area contributed by atoms with Crippen LogP contribution < -0.4 is 5.48 Å². The Morgan fingerprint density at radius 2 is 2.19 bits per heavy atom. The molecule has 1 N–H and O–H groups in total. The molecule has 1 atom stereocenters. The Bertz CT molecular complexity index is 238. The molecule has 1 saturated heterocycles. The van der Waals surface area contributed by atoms with Crippen molar-refractivity contribution in [1.82, 2.24) is 10.4 Å². The summed E-state index contributed by atoms with van der Waals surface area (Å²) in [5.74, 6) is 0.403. The van der Waals surface area contributed by atoms with Gasteiger partial charge in [0.2, 0.25) is 0 Å². The maximum absolute atomic E-state index is 11.7. The molecular formula is C11H22N2O3. The van der Waals surface area contributed by atoms with E-state index in [1.54, 1.807) is 11.9 Å². The number of hydrogen-bond acceptors (Lipinski definition) is 4. The molecule has 1 amide bonds. The molecule has 1 fully saturated rings. The second kappa shape index (κ2) is 5.50. The molecule has 5 heteroatoms. The first kappa shape index (κ1) is 13.3. The maximum Gasteiger partial charge on any atom is 0.410 e. The van der Waals surface area contributed by atoms with Crippen molar-refractivity contribution in [3.05, 3.63) is 0 Å². The molecule has 1 unspecified atom stereocenters. The minimum Gasteiger partial charge on any atom is -0.444 e. The quantitative estimate of drug-likeness (QED) is 0.744. The van der Waals surface area contributed by atoms with Crippen LogP contribution in [0.4, 0.5) is 4.79 Å². The number of rotatable bonds is 3. The van der Waals surface area contributed by atoms with Crippen LogP contribution >= 0.6 is 0 Å². The van der Waals surface area contributed by atoms with E-state index < -0.39 is 5.60 Å². The summed E-state index contributed by atoms with van der Waals surface area (Å²) in [4.78, 5) is 18.6. The van der Waals surface area contributed by atoms with Crippen LogP contribution in [0.1, 0.15) is 27.2 Å². The summed E-state index contributed by atoms with van der Waals surface area (Å²) in [6, 6.07) is 0. The fraction of sp³-hybridized carbons (Fsp3) is 0.909. The van der Waals surface area contributed by atoms with Gasteiger partial charge in [-0.3, -0.25) is 0 Å². The van der Waals surface area contributed by atoms with Gasteiger partial charge in [-0.2, -0.15) is 0 Å². The van der Waals surface area contributed by atoms with Gasteiger partial charge in [0.25, 0.3) is 0 Å². The number of amides is 1. The Labute approximate surface area is 97.0 Å². The molecule has 0 saturated carbocycles. The van der Waals surface area contributed by atoms with E-state index in [9.17, 15) is 4.79 Å². The van der Waals surface area contributed by atoms with E-state index in [4.69, 9.17) is 9.57 Å². The van der Waals surface area contributed by atoms with E-state index in [2.05, 4.69) is 5.48 Å². The van der Waals surface area contributed by atoms with Gasteiger partial charge in [0.15, 0.2) is 0 Å². The molecule has 0 spiro atoms. The van der Waals surface area contributed by atoms with E-state index in [1.165, 1.54) is 0 Å². The number of carbonyl (C=O) groups excluding carboxylic acids is 1. The number of ether oxygens (including phenoxy) is 1. The third-order valence-corrected chi connectivity index (χ3v) is 2.40. The average Bonchev–Trinajstić information content (AvgIpc) is 2.60. The van der Waals surface area contributed by atoms with E-state index in [-0.39, 0.29) is 6.09 Å². The highest BCUT2D eigenvalue weighted by Gasteiger charge is 2.29. The largest absolute Gasteiger partial charge is 0.444 e. The van der Waals surface area contributed by atoms with E-state index >= 15 is 0 Å². The molecule has 1 aliphatic rings. The fourth-order valence-corrected chi connectivity index (χ4v) is 1.66. The molecule has 0 aromatic carbocycles. The van der Waals surface area contributed by atoms with Crippen LogP contribution in [0.2, 0.25) is 0 Å². The zero-order valence-electron chi connectivity index (χ0n) is 10.6. The minimum atomic E-state index is -0.420. The first-order chi connectivity index (χ1) is 7.42. The minimum absolute atomic E-state index is 0.223. The zero-order valence-corrected chi connectivity index (χ0v) is 10.6. The second-order valence-electron chi connectivity index (χ2n) is 5.10. The number of nitrogens with one attached hydrogen (secondary N) is 1. The Morgan fingerprint density at radius 3 is 2.75 bits per heavy atom. The third kappa shape index (κ3) is 4.37. The zero-order chi connectivity index (χ0) is 12.2. The van der Waals surface area contributed by atoms with Gasteiger partial charge in [-0.25, -0.2) is 10.3 Å². The Hall–Kier alpha value is -0.810. The van der Waals surface area contributed by atoms with Crippen LogP contribution in [0, 0.1) is 5.92 Å². The average molecular weight is 230 g/mol. The molecule has 0 aromatic heterocycles. The first-order valence-electron chi connectivity index (χ1n) is 5.69. The van der Waals surface area contributed by atoms with Crippen molar-refractivity contribution >= 4 is 6.09 Å². The van der Waals surface area contributed by atoms with E-state index in [1.807, 2.05) is 20.8 Å². The SMILES string of the molecule is CNOCC1CCN(C(=O)OC(C)(C)C)C1. The highest BCUT2D eigenvalue weighted by Crippen LogP contribution is 2.19. The molecule has 1 aliphatic heterocycles.